The Hall–Kier alpha value is -3.64. The number of hydrogen-bond donors (Lipinski definition) is 3. The molecule has 0 aliphatic carbocycles. The highest BCUT2D eigenvalue weighted by molar-refractivity contribution is 6.11. The Balaban J connectivity index is 1.64. The van der Waals surface area contributed by atoms with E-state index in [1.807, 2.05) is 60.7 Å². The molecule has 6 heteroatoms. The lowest BCUT2D eigenvalue weighted by molar-refractivity contribution is 0.0706. The minimum Gasteiger partial charge on any atom is -0.454 e. The Morgan fingerprint density at radius 2 is 1.67 bits per heavy atom. The Morgan fingerprint density at radius 1 is 0.963 bits per heavy atom. The van der Waals surface area contributed by atoms with E-state index in [2.05, 4.69) is 5.32 Å². The van der Waals surface area contributed by atoms with Gasteiger partial charge in [-0.15, -0.1) is 0 Å². The summed E-state index contributed by atoms with van der Waals surface area (Å²) in [5, 5.41) is 12.0. The van der Waals surface area contributed by atoms with Gasteiger partial charge in [0.2, 0.25) is 0 Å². The average molecular weight is 359 g/mol. The molecule has 134 valence electrons. The Kier molecular flexibility index (Phi) is 4.55. The fraction of sp³-hybridized carbons (Fsp3) is 0.0476. The normalized spacial score (nSPS) is 13.6. The number of hydroxylamine groups is 1. The summed E-state index contributed by atoms with van der Waals surface area (Å²) in [5.74, 6) is 1.66. The zero-order valence-corrected chi connectivity index (χ0v) is 14.3. The Bertz CT molecular complexity index is 1010. The predicted molar refractivity (Wildman–Crippen MR) is 103 cm³/mol. The Labute approximate surface area is 156 Å². The molecule has 6 nitrogen and oxygen atoms in total. The molecule has 0 spiro atoms. The van der Waals surface area contributed by atoms with Gasteiger partial charge in [-0.2, -0.15) is 0 Å². The summed E-state index contributed by atoms with van der Waals surface area (Å²) >= 11 is 0. The number of rotatable bonds is 3. The molecule has 1 heterocycles. The number of amides is 1. The third-order valence-electron chi connectivity index (χ3n) is 4.24. The summed E-state index contributed by atoms with van der Waals surface area (Å²) in [7, 11) is 0. The highest BCUT2D eigenvalue weighted by Crippen LogP contribution is 2.35. The quantitative estimate of drug-likeness (QED) is 0.488. The van der Waals surface area contributed by atoms with Gasteiger partial charge in [-0.25, -0.2) is 5.48 Å². The van der Waals surface area contributed by atoms with Crippen LogP contribution in [0.15, 0.2) is 77.8 Å². The number of aliphatic imine (C=N–C) groups is 1. The van der Waals surface area contributed by atoms with Crippen LogP contribution in [-0.4, -0.2) is 17.0 Å². The lowest BCUT2D eigenvalue weighted by Gasteiger charge is -2.08. The molecule has 1 amide bonds. The predicted octanol–water partition coefficient (Wildman–Crippen LogP) is 3.97. The van der Waals surface area contributed by atoms with Crippen molar-refractivity contribution >= 4 is 17.4 Å². The van der Waals surface area contributed by atoms with Gasteiger partial charge in [0.1, 0.15) is 11.6 Å². The number of fused-ring (bicyclic) bond motifs is 2. The largest absolute Gasteiger partial charge is 0.454 e. The van der Waals surface area contributed by atoms with Crippen molar-refractivity contribution in [3.05, 3.63) is 89.5 Å². The highest BCUT2D eigenvalue weighted by atomic mass is 16.5. The van der Waals surface area contributed by atoms with Crippen molar-refractivity contribution in [1.82, 2.24) is 5.48 Å². The van der Waals surface area contributed by atoms with Crippen LogP contribution in [-0.2, 0) is 6.54 Å². The first-order valence-corrected chi connectivity index (χ1v) is 8.46. The number of nitrogens with one attached hydrogen (secondary N) is 2. The van der Waals surface area contributed by atoms with Crippen molar-refractivity contribution in [3.63, 3.8) is 0 Å². The van der Waals surface area contributed by atoms with Crippen LogP contribution in [0.3, 0.4) is 0 Å². The standard InChI is InChI=1S/C21H17N3O3/c25-21(24-26)15-11-9-14(10-12-15)13-22-20-16-5-1-3-7-18(16)27-19-8-4-2-6-17(19)23-20/h1-12,26H,13H2,(H,22,23)(H,24,25). The SMILES string of the molecule is O=C(NO)c1ccc(CN=C2Nc3ccccc3Oc3ccccc32)cc1. The third-order valence-corrected chi connectivity index (χ3v) is 4.24. The van der Waals surface area contributed by atoms with Gasteiger partial charge < -0.3 is 10.1 Å². The van der Waals surface area contributed by atoms with E-state index in [4.69, 9.17) is 14.9 Å². The molecule has 0 unspecified atom stereocenters. The molecule has 1 aliphatic rings. The maximum Gasteiger partial charge on any atom is 0.274 e. The molecule has 27 heavy (non-hydrogen) atoms. The van der Waals surface area contributed by atoms with E-state index in [-0.39, 0.29) is 0 Å². The minimum atomic E-state index is -0.541. The highest BCUT2D eigenvalue weighted by Gasteiger charge is 2.18. The third kappa shape index (κ3) is 3.51. The van der Waals surface area contributed by atoms with E-state index in [0.29, 0.717) is 17.9 Å². The van der Waals surface area contributed by atoms with Gasteiger partial charge in [0.25, 0.3) is 5.91 Å². The second-order valence-electron chi connectivity index (χ2n) is 6.02. The zero-order chi connectivity index (χ0) is 18.6. The summed E-state index contributed by atoms with van der Waals surface area (Å²) < 4.78 is 6.03. The maximum atomic E-state index is 11.4. The van der Waals surface area contributed by atoms with Gasteiger partial charge in [-0.1, -0.05) is 36.4 Å². The molecule has 0 radical (unpaired) electrons. The molecule has 0 saturated carbocycles. The van der Waals surface area contributed by atoms with Gasteiger partial charge in [-0.3, -0.25) is 15.0 Å². The van der Waals surface area contributed by atoms with Crippen LogP contribution in [0.4, 0.5) is 5.69 Å². The molecule has 0 saturated heterocycles. The first-order valence-electron chi connectivity index (χ1n) is 8.46. The number of carbonyl (C=O) groups is 1. The first-order chi connectivity index (χ1) is 13.2. The molecule has 0 bridgehead atoms. The van der Waals surface area contributed by atoms with Gasteiger partial charge >= 0.3 is 0 Å². The van der Waals surface area contributed by atoms with Crippen LogP contribution >= 0.6 is 0 Å². The first kappa shape index (κ1) is 16.8. The minimum absolute atomic E-state index is 0.383. The van der Waals surface area contributed by atoms with Crippen molar-refractivity contribution in [2.24, 2.45) is 4.99 Å². The van der Waals surface area contributed by atoms with Crippen LogP contribution in [0.2, 0.25) is 0 Å². The van der Waals surface area contributed by atoms with Gasteiger partial charge in [0.15, 0.2) is 5.75 Å². The second-order valence-corrected chi connectivity index (χ2v) is 6.02. The number of benzene rings is 3. The number of amidine groups is 1. The van der Waals surface area contributed by atoms with E-state index in [1.165, 1.54) is 0 Å². The van der Waals surface area contributed by atoms with Crippen LogP contribution in [0.25, 0.3) is 0 Å². The molecule has 3 N–H and O–H groups in total. The van der Waals surface area contributed by atoms with Crippen LogP contribution in [0, 0.1) is 0 Å². The summed E-state index contributed by atoms with van der Waals surface area (Å²) in [5.41, 5.74) is 4.67. The number of para-hydroxylation sites is 3. The Morgan fingerprint density at radius 3 is 2.44 bits per heavy atom. The smallest absolute Gasteiger partial charge is 0.274 e. The van der Waals surface area contributed by atoms with Gasteiger partial charge in [0, 0.05) is 5.56 Å². The lowest BCUT2D eigenvalue weighted by atomic mass is 10.1. The summed E-state index contributed by atoms with van der Waals surface area (Å²) in [6, 6.07) is 22.4. The van der Waals surface area contributed by atoms with Crippen molar-refractivity contribution in [1.29, 1.82) is 0 Å². The van der Waals surface area contributed by atoms with E-state index >= 15 is 0 Å². The number of hydrogen-bond acceptors (Lipinski definition) is 4. The van der Waals surface area contributed by atoms with Crippen molar-refractivity contribution < 1.29 is 14.7 Å². The molecule has 1 aliphatic heterocycles. The average Bonchev–Trinajstić information content (AvgIpc) is 2.88. The number of anilines is 1. The molecular formula is C21H17N3O3. The van der Waals surface area contributed by atoms with Crippen LogP contribution in [0.5, 0.6) is 11.5 Å². The van der Waals surface area contributed by atoms with Crippen LogP contribution in [0.1, 0.15) is 21.5 Å². The molecule has 3 aromatic carbocycles. The lowest BCUT2D eigenvalue weighted by Crippen LogP contribution is -2.18. The molecular weight excluding hydrogens is 342 g/mol. The topological polar surface area (TPSA) is 83.0 Å². The number of ether oxygens (including phenoxy) is 1. The second kappa shape index (κ2) is 7.31. The zero-order valence-electron chi connectivity index (χ0n) is 14.3. The molecule has 4 rings (SSSR count). The fourth-order valence-corrected chi connectivity index (χ4v) is 2.84. The number of carbonyl (C=O) groups excluding carboxylic acids is 1. The molecule has 3 aromatic rings. The van der Waals surface area contributed by atoms with E-state index in [9.17, 15) is 4.79 Å². The fourth-order valence-electron chi connectivity index (χ4n) is 2.84. The van der Waals surface area contributed by atoms with E-state index < -0.39 is 5.91 Å². The van der Waals surface area contributed by atoms with E-state index in [0.717, 1.165) is 28.3 Å². The van der Waals surface area contributed by atoms with Gasteiger partial charge in [0.05, 0.1) is 17.8 Å². The van der Waals surface area contributed by atoms with Crippen LogP contribution < -0.4 is 15.5 Å². The summed E-state index contributed by atoms with van der Waals surface area (Å²) in [6.45, 7) is 0.430. The van der Waals surface area contributed by atoms with Crippen molar-refractivity contribution in [3.8, 4) is 11.5 Å². The van der Waals surface area contributed by atoms with Crippen molar-refractivity contribution in [2.45, 2.75) is 6.54 Å². The van der Waals surface area contributed by atoms with E-state index in [1.54, 1.807) is 17.6 Å². The van der Waals surface area contributed by atoms with Crippen molar-refractivity contribution in [2.75, 3.05) is 5.32 Å². The summed E-state index contributed by atoms with van der Waals surface area (Å²) in [4.78, 5) is 16.1. The van der Waals surface area contributed by atoms with Gasteiger partial charge in [-0.05, 0) is 42.0 Å². The molecule has 0 fully saturated rings. The summed E-state index contributed by atoms with van der Waals surface area (Å²) in [6.07, 6.45) is 0. The molecule has 0 atom stereocenters. The number of nitrogens with zero attached hydrogens (tertiary/aromatic N) is 1. The monoisotopic (exact) mass is 359 g/mol. The molecule has 0 aromatic heterocycles. The maximum absolute atomic E-state index is 11.4.